The molecule has 1 aromatic rings. The molecule has 1 aliphatic heterocycles. The third kappa shape index (κ3) is 3.65. The second kappa shape index (κ2) is 6.12. The lowest BCUT2D eigenvalue weighted by Crippen LogP contribution is -2.40. The summed E-state index contributed by atoms with van der Waals surface area (Å²) in [6.45, 7) is 2.13. The normalized spacial score (nSPS) is 14.8. The fourth-order valence-electron chi connectivity index (χ4n) is 1.57. The first-order valence-electron chi connectivity index (χ1n) is 5.82. The first-order valence-corrected chi connectivity index (χ1v) is 5.82. The van der Waals surface area contributed by atoms with Crippen molar-refractivity contribution in [2.24, 2.45) is 0 Å². The van der Waals surface area contributed by atoms with Crippen LogP contribution in [-0.2, 0) is 4.74 Å². The van der Waals surface area contributed by atoms with Crippen LogP contribution in [0.1, 0.15) is 12.8 Å². The number of nitrogens with zero attached hydrogens (tertiary/aromatic N) is 1. The summed E-state index contributed by atoms with van der Waals surface area (Å²) in [4.78, 5) is 0. The van der Waals surface area contributed by atoms with Crippen molar-refractivity contribution in [3.63, 3.8) is 0 Å². The van der Waals surface area contributed by atoms with Crippen LogP contribution < -0.4 is 10.1 Å². The van der Waals surface area contributed by atoms with Gasteiger partial charge in [0, 0.05) is 18.2 Å². The van der Waals surface area contributed by atoms with Crippen molar-refractivity contribution in [2.75, 3.05) is 25.1 Å². The van der Waals surface area contributed by atoms with E-state index >= 15 is 0 Å². The van der Waals surface area contributed by atoms with Gasteiger partial charge in [0.05, 0.1) is 31.9 Å². The minimum Gasteiger partial charge on any atom is -0.493 e. The summed E-state index contributed by atoms with van der Waals surface area (Å²) in [5.74, 6) is 0.841. The molecule has 1 aromatic carbocycles. The van der Waals surface area contributed by atoms with Gasteiger partial charge in [0.15, 0.2) is 0 Å². The van der Waals surface area contributed by atoms with E-state index in [1.54, 1.807) is 0 Å². The Morgan fingerprint density at radius 1 is 1.47 bits per heavy atom. The molecule has 0 bridgehead atoms. The molecule has 1 N–H and O–H groups in total. The largest absolute Gasteiger partial charge is 0.493 e. The van der Waals surface area contributed by atoms with Crippen LogP contribution in [0.3, 0.4) is 0 Å². The Balaban J connectivity index is 1.81. The monoisotopic (exact) mass is 232 g/mol. The zero-order valence-electron chi connectivity index (χ0n) is 9.69. The van der Waals surface area contributed by atoms with Gasteiger partial charge >= 0.3 is 0 Å². The fraction of sp³-hybridized carbons (Fsp3) is 0.462. The van der Waals surface area contributed by atoms with Crippen LogP contribution in [0.5, 0.6) is 5.75 Å². The van der Waals surface area contributed by atoms with Crippen LogP contribution in [0.2, 0.25) is 0 Å². The van der Waals surface area contributed by atoms with Gasteiger partial charge in [0.25, 0.3) is 0 Å². The van der Waals surface area contributed by atoms with Gasteiger partial charge in [-0.05, 0) is 18.6 Å². The number of hydrogen-bond donors (Lipinski definition) is 1. The van der Waals surface area contributed by atoms with Crippen LogP contribution in [0.25, 0.3) is 0 Å². The zero-order chi connectivity index (χ0) is 11.9. The van der Waals surface area contributed by atoms with Crippen molar-refractivity contribution >= 4 is 5.69 Å². The van der Waals surface area contributed by atoms with Crippen molar-refractivity contribution < 1.29 is 9.47 Å². The van der Waals surface area contributed by atoms with E-state index in [9.17, 15) is 0 Å². The minimum atomic E-state index is 0.420. The van der Waals surface area contributed by atoms with E-state index in [2.05, 4.69) is 11.4 Å². The van der Waals surface area contributed by atoms with Crippen LogP contribution >= 0.6 is 0 Å². The zero-order valence-corrected chi connectivity index (χ0v) is 9.69. The number of hydrogen-bond acceptors (Lipinski definition) is 4. The maximum atomic E-state index is 8.41. The third-order valence-electron chi connectivity index (χ3n) is 2.54. The highest BCUT2D eigenvalue weighted by atomic mass is 16.5. The molecule has 2 rings (SSSR count). The van der Waals surface area contributed by atoms with E-state index in [1.807, 2.05) is 24.3 Å². The number of benzene rings is 1. The molecule has 0 aromatic heterocycles. The second-order valence-corrected chi connectivity index (χ2v) is 4.02. The summed E-state index contributed by atoms with van der Waals surface area (Å²) in [7, 11) is 0. The van der Waals surface area contributed by atoms with Gasteiger partial charge in [0.2, 0.25) is 0 Å². The third-order valence-corrected chi connectivity index (χ3v) is 2.54. The summed E-state index contributed by atoms with van der Waals surface area (Å²) >= 11 is 0. The van der Waals surface area contributed by atoms with E-state index in [0.717, 1.165) is 31.1 Å². The summed E-state index contributed by atoms with van der Waals surface area (Å²) in [5, 5.41) is 11.8. The summed E-state index contributed by atoms with van der Waals surface area (Å²) < 4.78 is 10.7. The van der Waals surface area contributed by atoms with Crippen molar-refractivity contribution in [3.8, 4) is 11.8 Å². The topological polar surface area (TPSA) is 54.3 Å². The molecule has 1 heterocycles. The highest BCUT2D eigenvalue weighted by molar-refractivity contribution is 5.49. The van der Waals surface area contributed by atoms with Gasteiger partial charge in [-0.1, -0.05) is 6.07 Å². The summed E-state index contributed by atoms with van der Waals surface area (Å²) in [6.07, 6.45) is 1.31. The molecule has 4 nitrogen and oxygen atoms in total. The molecule has 0 spiro atoms. The molecule has 1 fully saturated rings. The summed E-state index contributed by atoms with van der Waals surface area (Å²) in [5.41, 5.74) is 1.05. The quantitative estimate of drug-likeness (QED) is 0.764. The molecule has 17 heavy (non-hydrogen) atoms. The number of unbranched alkanes of at least 4 members (excludes halogenated alkanes) is 1. The van der Waals surface area contributed by atoms with Gasteiger partial charge < -0.3 is 14.8 Å². The standard InChI is InChI=1S/C13H16N2O2/c14-6-1-2-7-17-13-5-3-4-11(8-13)15-12-9-16-10-12/h3-5,8,12,15H,1-2,7,9-10H2. The highest BCUT2D eigenvalue weighted by Crippen LogP contribution is 2.19. The van der Waals surface area contributed by atoms with Crippen LogP contribution in [0.15, 0.2) is 24.3 Å². The van der Waals surface area contributed by atoms with Gasteiger partial charge in [0.1, 0.15) is 5.75 Å². The number of rotatable bonds is 6. The van der Waals surface area contributed by atoms with E-state index < -0.39 is 0 Å². The number of nitrogens with one attached hydrogen (secondary N) is 1. The molecular formula is C13H16N2O2. The van der Waals surface area contributed by atoms with Crippen LogP contribution in [0.4, 0.5) is 5.69 Å². The molecule has 0 amide bonds. The number of nitriles is 1. The fourth-order valence-corrected chi connectivity index (χ4v) is 1.57. The van der Waals surface area contributed by atoms with Crippen molar-refractivity contribution in [2.45, 2.75) is 18.9 Å². The molecule has 0 radical (unpaired) electrons. The molecule has 0 saturated carbocycles. The molecule has 0 unspecified atom stereocenters. The average molecular weight is 232 g/mol. The van der Waals surface area contributed by atoms with Crippen LogP contribution in [-0.4, -0.2) is 25.9 Å². The van der Waals surface area contributed by atoms with Crippen molar-refractivity contribution in [1.29, 1.82) is 5.26 Å². The van der Waals surface area contributed by atoms with Crippen molar-refractivity contribution in [1.82, 2.24) is 0 Å². The first kappa shape index (κ1) is 11.7. The lowest BCUT2D eigenvalue weighted by molar-refractivity contribution is 0.0211. The Morgan fingerprint density at radius 3 is 3.06 bits per heavy atom. The molecule has 4 heteroatoms. The number of anilines is 1. The number of ether oxygens (including phenoxy) is 2. The minimum absolute atomic E-state index is 0.420. The predicted molar refractivity (Wildman–Crippen MR) is 65.0 cm³/mol. The first-order chi connectivity index (χ1) is 8.38. The van der Waals surface area contributed by atoms with Gasteiger partial charge in [-0.3, -0.25) is 0 Å². The maximum absolute atomic E-state index is 8.41. The second-order valence-electron chi connectivity index (χ2n) is 4.02. The highest BCUT2D eigenvalue weighted by Gasteiger charge is 2.17. The molecule has 90 valence electrons. The predicted octanol–water partition coefficient (Wildman–Crippen LogP) is 2.18. The van der Waals surface area contributed by atoms with E-state index in [0.29, 0.717) is 19.1 Å². The average Bonchev–Trinajstić information content (AvgIpc) is 2.30. The van der Waals surface area contributed by atoms with E-state index in [-0.39, 0.29) is 0 Å². The Hall–Kier alpha value is -1.73. The van der Waals surface area contributed by atoms with Gasteiger partial charge in [-0.25, -0.2) is 0 Å². The summed E-state index contributed by atoms with van der Waals surface area (Å²) in [6, 6.07) is 10.4. The maximum Gasteiger partial charge on any atom is 0.121 e. The van der Waals surface area contributed by atoms with Crippen LogP contribution in [0, 0.1) is 11.3 Å². The molecule has 0 atom stereocenters. The molecule has 1 aliphatic rings. The smallest absolute Gasteiger partial charge is 0.121 e. The molecule has 0 aliphatic carbocycles. The van der Waals surface area contributed by atoms with E-state index in [4.69, 9.17) is 14.7 Å². The molecule has 1 saturated heterocycles. The Kier molecular flexibility index (Phi) is 4.23. The van der Waals surface area contributed by atoms with Gasteiger partial charge in [-0.2, -0.15) is 5.26 Å². The lowest BCUT2D eigenvalue weighted by atomic mass is 10.2. The Labute approximate surface area is 101 Å². The SMILES string of the molecule is N#CCCCOc1cccc(NC2COC2)c1. The van der Waals surface area contributed by atoms with E-state index in [1.165, 1.54) is 0 Å². The Bertz CT molecular complexity index is 397. The van der Waals surface area contributed by atoms with Crippen molar-refractivity contribution in [3.05, 3.63) is 24.3 Å². The lowest BCUT2D eigenvalue weighted by Gasteiger charge is -2.27. The Morgan fingerprint density at radius 2 is 2.35 bits per heavy atom. The molecular weight excluding hydrogens is 216 g/mol. The van der Waals surface area contributed by atoms with Gasteiger partial charge in [-0.15, -0.1) is 0 Å².